The number of benzene rings is 3. The van der Waals surface area contributed by atoms with Crippen molar-refractivity contribution in [3.8, 4) is 0 Å². The van der Waals surface area contributed by atoms with Gasteiger partial charge in [0, 0.05) is 30.4 Å². The van der Waals surface area contributed by atoms with Gasteiger partial charge in [-0.15, -0.1) is 0 Å². The largest absolute Gasteiger partial charge is 0.355 e. The van der Waals surface area contributed by atoms with Crippen LogP contribution in [0.25, 0.3) is 0 Å². The van der Waals surface area contributed by atoms with E-state index in [2.05, 4.69) is 21.2 Å². The lowest BCUT2D eigenvalue weighted by atomic mass is 10.0. The highest BCUT2D eigenvalue weighted by molar-refractivity contribution is 9.10. The zero-order valence-electron chi connectivity index (χ0n) is 18.3. The molecule has 0 aliphatic carbocycles. The topological polar surface area (TPSA) is 49.4 Å². The molecule has 0 spiro atoms. The lowest BCUT2D eigenvalue weighted by Gasteiger charge is -2.31. The molecule has 0 saturated carbocycles. The molecule has 0 saturated heterocycles. The molecular weight excluding hydrogens is 464 g/mol. The fraction of sp³-hybridized carbons (Fsp3) is 0.259. The molecule has 3 aromatic rings. The number of rotatable bonds is 10. The van der Waals surface area contributed by atoms with Gasteiger partial charge in [0.2, 0.25) is 11.8 Å². The van der Waals surface area contributed by atoms with Crippen LogP contribution in [0.5, 0.6) is 0 Å². The second kappa shape index (κ2) is 12.2. The maximum absolute atomic E-state index is 13.5. The van der Waals surface area contributed by atoms with Gasteiger partial charge in [-0.3, -0.25) is 9.59 Å². The molecule has 0 fully saturated rings. The normalized spacial score (nSPS) is 11.6. The van der Waals surface area contributed by atoms with Crippen LogP contribution in [0, 0.1) is 0 Å². The fourth-order valence-corrected chi connectivity index (χ4v) is 3.94. The number of aryl methyl sites for hydroxylation is 1. The summed E-state index contributed by atoms with van der Waals surface area (Å²) in [6.45, 7) is 2.80. The Kier molecular flexibility index (Phi) is 9.05. The predicted octanol–water partition coefficient (Wildman–Crippen LogP) is 5.16. The van der Waals surface area contributed by atoms with Crippen LogP contribution in [0.15, 0.2) is 89.4 Å². The molecule has 1 N–H and O–H groups in total. The molecule has 0 unspecified atom stereocenters. The van der Waals surface area contributed by atoms with Crippen molar-refractivity contribution in [2.45, 2.75) is 38.8 Å². The minimum Gasteiger partial charge on any atom is -0.355 e. The van der Waals surface area contributed by atoms with E-state index in [1.165, 1.54) is 0 Å². The van der Waals surface area contributed by atoms with Crippen molar-refractivity contribution in [2.24, 2.45) is 0 Å². The summed E-state index contributed by atoms with van der Waals surface area (Å²) in [5, 5.41) is 2.93. The number of likely N-dealkylation sites (N-methyl/N-ethyl adjacent to an activating group) is 1. The van der Waals surface area contributed by atoms with Crippen LogP contribution < -0.4 is 5.32 Å². The summed E-state index contributed by atoms with van der Waals surface area (Å²) in [4.78, 5) is 28.3. The van der Waals surface area contributed by atoms with Gasteiger partial charge in [-0.25, -0.2) is 0 Å². The molecule has 5 heteroatoms. The van der Waals surface area contributed by atoms with Crippen molar-refractivity contribution >= 4 is 27.7 Å². The Morgan fingerprint density at radius 1 is 0.844 bits per heavy atom. The van der Waals surface area contributed by atoms with E-state index >= 15 is 0 Å². The van der Waals surface area contributed by atoms with Gasteiger partial charge < -0.3 is 10.2 Å². The van der Waals surface area contributed by atoms with Gasteiger partial charge >= 0.3 is 0 Å². The van der Waals surface area contributed by atoms with Crippen LogP contribution in [0.3, 0.4) is 0 Å². The van der Waals surface area contributed by atoms with Crippen molar-refractivity contribution in [3.63, 3.8) is 0 Å². The standard InChI is InChI=1S/C27H29BrN2O2/c1-2-29-27(32)25(19-22-11-7-4-8-12-22)30(20-23-13-16-24(28)17-14-23)26(31)18-15-21-9-5-3-6-10-21/h3-14,16-17,25H,2,15,18-20H2,1H3,(H,29,32)/t25-/m1/s1. The van der Waals surface area contributed by atoms with Crippen molar-refractivity contribution in [1.82, 2.24) is 10.2 Å². The van der Waals surface area contributed by atoms with Crippen LogP contribution in [0.4, 0.5) is 0 Å². The van der Waals surface area contributed by atoms with Gasteiger partial charge in [-0.1, -0.05) is 88.7 Å². The summed E-state index contributed by atoms with van der Waals surface area (Å²) in [6, 6.07) is 27.2. The third-order valence-corrected chi connectivity index (χ3v) is 5.89. The highest BCUT2D eigenvalue weighted by Crippen LogP contribution is 2.18. The molecule has 0 aromatic heterocycles. The second-order valence-electron chi connectivity index (χ2n) is 7.73. The maximum atomic E-state index is 13.5. The highest BCUT2D eigenvalue weighted by atomic mass is 79.9. The lowest BCUT2D eigenvalue weighted by molar-refractivity contribution is -0.141. The molecule has 0 bridgehead atoms. The van der Waals surface area contributed by atoms with Crippen LogP contribution >= 0.6 is 15.9 Å². The number of nitrogens with zero attached hydrogens (tertiary/aromatic N) is 1. The highest BCUT2D eigenvalue weighted by Gasteiger charge is 2.29. The summed E-state index contributed by atoms with van der Waals surface area (Å²) < 4.78 is 0.979. The molecule has 0 aliphatic rings. The van der Waals surface area contributed by atoms with Crippen LogP contribution in [-0.4, -0.2) is 29.3 Å². The van der Waals surface area contributed by atoms with Crippen molar-refractivity contribution in [3.05, 3.63) is 106 Å². The summed E-state index contributed by atoms with van der Waals surface area (Å²) in [7, 11) is 0. The SMILES string of the molecule is CCNC(=O)[C@@H](Cc1ccccc1)N(Cc1ccc(Br)cc1)C(=O)CCc1ccccc1. The molecule has 0 heterocycles. The van der Waals surface area contributed by atoms with Gasteiger partial charge in [0.1, 0.15) is 6.04 Å². The number of halogens is 1. The zero-order valence-corrected chi connectivity index (χ0v) is 19.9. The Morgan fingerprint density at radius 3 is 2.03 bits per heavy atom. The van der Waals surface area contributed by atoms with Crippen molar-refractivity contribution < 1.29 is 9.59 Å². The minimum absolute atomic E-state index is 0.0241. The first kappa shape index (κ1) is 23.7. The van der Waals surface area contributed by atoms with Crippen molar-refractivity contribution in [1.29, 1.82) is 0 Å². The van der Waals surface area contributed by atoms with E-state index in [1.807, 2.05) is 91.9 Å². The Hall–Kier alpha value is -2.92. The van der Waals surface area contributed by atoms with E-state index in [9.17, 15) is 9.59 Å². The first-order valence-corrected chi connectivity index (χ1v) is 11.8. The third-order valence-electron chi connectivity index (χ3n) is 5.36. The molecule has 3 rings (SSSR count). The number of nitrogens with one attached hydrogen (secondary N) is 1. The van der Waals surface area contributed by atoms with E-state index in [-0.39, 0.29) is 11.8 Å². The lowest BCUT2D eigenvalue weighted by Crippen LogP contribution is -2.50. The van der Waals surface area contributed by atoms with E-state index in [4.69, 9.17) is 0 Å². The van der Waals surface area contributed by atoms with Gasteiger partial charge in [0.25, 0.3) is 0 Å². The zero-order chi connectivity index (χ0) is 22.8. The molecule has 3 aromatic carbocycles. The van der Waals surface area contributed by atoms with Crippen LogP contribution in [0.1, 0.15) is 30.0 Å². The molecule has 32 heavy (non-hydrogen) atoms. The van der Waals surface area contributed by atoms with E-state index < -0.39 is 6.04 Å². The second-order valence-corrected chi connectivity index (χ2v) is 8.65. The molecule has 4 nitrogen and oxygen atoms in total. The van der Waals surface area contributed by atoms with Gasteiger partial charge in [0.05, 0.1) is 0 Å². The third kappa shape index (κ3) is 7.06. The Labute approximate surface area is 198 Å². The van der Waals surface area contributed by atoms with Crippen LogP contribution in [0.2, 0.25) is 0 Å². The summed E-state index contributed by atoms with van der Waals surface area (Å²) in [5.41, 5.74) is 3.13. The van der Waals surface area contributed by atoms with Gasteiger partial charge in [0.15, 0.2) is 0 Å². The molecule has 2 amide bonds. The molecular formula is C27H29BrN2O2. The van der Waals surface area contributed by atoms with Crippen molar-refractivity contribution in [2.75, 3.05) is 6.54 Å². The maximum Gasteiger partial charge on any atom is 0.243 e. The average molecular weight is 493 g/mol. The number of amides is 2. The quantitative estimate of drug-likeness (QED) is 0.424. The molecule has 0 radical (unpaired) electrons. The molecule has 166 valence electrons. The summed E-state index contributed by atoms with van der Waals surface area (Å²) >= 11 is 3.46. The first-order chi connectivity index (χ1) is 15.6. The smallest absolute Gasteiger partial charge is 0.243 e. The molecule has 0 aliphatic heterocycles. The minimum atomic E-state index is -0.579. The van der Waals surface area contributed by atoms with Gasteiger partial charge in [-0.2, -0.15) is 0 Å². The number of carbonyl (C=O) groups excluding carboxylic acids is 2. The van der Waals surface area contributed by atoms with Gasteiger partial charge in [-0.05, 0) is 42.2 Å². The van der Waals surface area contributed by atoms with E-state index in [1.54, 1.807) is 4.90 Å². The monoisotopic (exact) mass is 492 g/mol. The fourth-order valence-electron chi connectivity index (χ4n) is 3.67. The number of hydrogen-bond donors (Lipinski definition) is 1. The Morgan fingerprint density at radius 2 is 1.44 bits per heavy atom. The average Bonchev–Trinajstić information content (AvgIpc) is 2.82. The Bertz CT molecular complexity index is 991. The molecule has 1 atom stereocenters. The van der Waals surface area contributed by atoms with Crippen LogP contribution in [-0.2, 0) is 29.0 Å². The number of hydrogen-bond acceptors (Lipinski definition) is 2. The summed E-state index contributed by atoms with van der Waals surface area (Å²) in [5.74, 6) is -0.148. The summed E-state index contributed by atoms with van der Waals surface area (Å²) in [6.07, 6.45) is 1.47. The van der Waals surface area contributed by atoms with E-state index in [0.29, 0.717) is 32.4 Å². The predicted molar refractivity (Wildman–Crippen MR) is 132 cm³/mol. The van der Waals surface area contributed by atoms with E-state index in [0.717, 1.165) is 21.2 Å². The Balaban J connectivity index is 1.87. The first-order valence-electron chi connectivity index (χ1n) is 11.0. The number of carbonyl (C=O) groups is 2.